The predicted molar refractivity (Wildman–Crippen MR) is 73.7 cm³/mol. The second-order valence-corrected chi connectivity index (χ2v) is 4.30. The number of hydrogen-bond acceptors (Lipinski definition) is 6. The van der Waals surface area contributed by atoms with Crippen molar-refractivity contribution in [3.05, 3.63) is 43.1 Å². The topological polar surface area (TPSA) is 94.9 Å². The number of aromatic nitrogens is 6. The molecule has 0 unspecified atom stereocenters. The highest BCUT2D eigenvalue weighted by Crippen LogP contribution is 2.25. The zero-order valence-electron chi connectivity index (χ0n) is 10.3. The third-order valence-corrected chi connectivity index (χ3v) is 3.07. The predicted octanol–water partition coefficient (Wildman–Crippen LogP) is 1.32. The van der Waals surface area contributed by atoms with Gasteiger partial charge in [-0.25, -0.2) is 19.5 Å². The summed E-state index contributed by atoms with van der Waals surface area (Å²) in [5, 5.41) is 4.12. The number of nitrogens with two attached hydrogens (primary N) is 1. The molecule has 0 fully saturated rings. The zero-order valence-corrected chi connectivity index (χ0v) is 10.3. The van der Waals surface area contributed by atoms with E-state index in [1.807, 2.05) is 18.3 Å². The highest BCUT2D eigenvalue weighted by atomic mass is 15.3. The summed E-state index contributed by atoms with van der Waals surface area (Å²) in [4.78, 5) is 16.8. The van der Waals surface area contributed by atoms with Gasteiger partial charge in [-0.05, 0) is 12.1 Å². The van der Waals surface area contributed by atoms with Crippen LogP contribution in [0.25, 0.3) is 27.8 Å². The fraction of sp³-hybridized carbons (Fsp3) is 0. The van der Waals surface area contributed by atoms with Crippen LogP contribution in [0.15, 0.2) is 43.1 Å². The van der Waals surface area contributed by atoms with E-state index in [1.54, 1.807) is 29.3 Å². The zero-order chi connectivity index (χ0) is 13.5. The van der Waals surface area contributed by atoms with Crippen LogP contribution < -0.4 is 5.73 Å². The molecule has 4 rings (SSSR count). The fourth-order valence-corrected chi connectivity index (χ4v) is 2.16. The molecule has 0 aliphatic carbocycles. The van der Waals surface area contributed by atoms with Gasteiger partial charge in [0.2, 0.25) is 5.95 Å². The van der Waals surface area contributed by atoms with Gasteiger partial charge in [0.25, 0.3) is 0 Å². The van der Waals surface area contributed by atoms with Gasteiger partial charge in [-0.15, -0.1) is 5.10 Å². The summed E-state index contributed by atoms with van der Waals surface area (Å²) in [6, 6.07) is 3.89. The quantitative estimate of drug-likeness (QED) is 0.556. The molecule has 7 heteroatoms. The van der Waals surface area contributed by atoms with Gasteiger partial charge in [0.05, 0.1) is 11.7 Å². The Morgan fingerprint density at radius 2 is 1.90 bits per heavy atom. The number of pyridine rings is 1. The van der Waals surface area contributed by atoms with Crippen molar-refractivity contribution >= 4 is 22.6 Å². The normalized spacial score (nSPS) is 11.2. The first-order valence-electron chi connectivity index (χ1n) is 5.98. The molecule has 0 bridgehead atoms. The van der Waals surface area contributed by atoms with Gasteiger partial charge in [0.1, 0.15) is 5.52 Å². The number of nitrogens with zero attached hydrogens (tertiary/aromatic N) is 6. The highest BCUT2D eigenvalue weighted by Gasteiger charge is 2.08. The minimum Gasteiger partial charge on any atom is -0.367 e. The minimum atomic E-state index is 0.238. The number of anilines is 1. The molecular weight excluding hydrogens is 254 g/mol. The van der Waals surface area contributed by atoms with Crippen molar-refractivity contribution in [3.8, 4) is 11.1 Å². The first kappa shape index (κ1) is 10.8. The lowest BCUT2D eigenvalue weighted by Gasteiger charge is -2.01. The Kier molecular flexibility index (Phi) is 2.13. The second kappa shape index (κ2) is 3.95. The molecule has 0 atom stereocenters. The smallest absolute Gasteiger partial charge is 0.238 e. The van der Waals surface area contributed by atoms with E-state index in [-0.39, 0.29) is 5.95 Å². The maximum Gasteiger partial charge on any atom is 0.238 e. The summed E-state index contributed by atoms with van der Waals surface area (Å²) in [6.45, 7) is 0. The monoisotopic (exact) mass is 263 g/mol. The van der Waals surface area contributed by atoms with Crippen LogP contribution in [0.3, 0.4) is 0 Å². The minimum absolute atomic E-state index is 0.238. The van der Waals surface area contributed by atoms with E-state index in [4.69, 9.17) is 5.73 Å². The molecule has 96 valence electrons. The maximum atomic E-state index is 5.57. The van der Waals surface area contributed by atoms with Crippen LogP contribution in [-0.4, -0.2) is 29.5 Å². The van der Waals surface area contributed by atoms with E-state index in [1.165, 1.54) is 0 Å². The Hall–Kier alpha value is -3.09. The number of rotatable bonds is 1. The van der Waals surface area contributed by atoms with Gasteiger partial charge in [-0.3, -0.25) is 4.98 Å². The number of fused-ring (bicyclic) bond motifs is 2. The lowest BCUT2D eigenvalue weighted by atomic mass is 10.1. The summed E-state index contributed by atoms with van der Waals surface area (Å²) >= 11 is 0. The van der Waals surface area contributed by atoms with Crippen molar-refractivity contribution in [2.24, 2.45) is 0 Å². The van der Waals surface area contributed by atoms with Gasteiger partial charge >= 0.3 is 0 Å². The van der Waals surface area contributed by atoms with Crippen molar-refractivity contribution in [2.45, 2.75) is 0 Å². The van der Waals surface area contributed by atoms with Gasteiger partial charge in [0, 0.05) is 35.9 Å². The molecule has 20 heavy (non-hydrogen) atoms. The molecule has 0 aliphatic heterocycles. The Morgan fingerprint density at radius 1 is 1.00 bits per heavy atom. The number of nitrogen functional groups attached to an aromatic ring is 1. The van der Waals surface area contributed by atoms with Crippen molar-refractivity contribution in [1.29, 1.82) is 0 Å². The molecule has 2 N–H and O–H groups in total. The van der Waals surface area contributed by atoms with E-state index in [2.05, 4.69) is 25.0 Å². The lowest BCUT2D eigenvalue weighted by molar-refractivity contribution is 0.918. The molecule has 7 nitrogen and oxygen atoms in total. The summed E-state index contributed by atoms with van der Waals surface area (Å²) in [5.41, 5.74) is 9.73. The van der Waals surface area contributed by atoms with E-state index in [0.717, 1.165) is 22.2 Å². The average molecular weight is 263 g/mol. The van der Waals surface area contributed by atoms with Crippen LogP contribution in [0.5, 0.6) is 0 Å². The Labute approximate surface area is 113 Å². The van der Waals surface area contributed by atoms with Crippen LogP contribution in [0.4, 0.5) is 5.95 Å². The van der Waals surface area contributed by atoms with Crippen LogP contribution >= 0.6 is 0 Å². The molecule has 0 aromatic carbocycles. The van der Waals surface area contributed by atoms with Crippen LogP contribution in [-0.2, 0) is 0 Å². The third-order valence-electron chi connectivity index (χ3n) is 3.07. The molecule has 4 aromatic heterocycles. The van der Waals surface area contributed by atoms with E-state index < -0.39 is 0 Å². The Morgan fingerprint density at radius 3 is 2.85 bits per heavy atom. The molecule has 0 saturated heterocycles. The van der Waals surface area contributed by atoms with Gasteiger partial charge in [-0.1, -0.05) is 0 Å². The van der Waals surface area contributed by atoms with Crippen molar-refractivity contribution in [3.63, 3.8) is 0 Å². The molecular formula is C13H9N7. The van der Waals surface area contributed by atoms with Crippen LogP contribution in [0, 0.1) is 0 Å². The first-order chi connectivity index (χ1) is 9.81. The molecule has 0 aliphatic rings. The third kappa shape index (κ3) is 1.57. The fourth-order valence-electron chi connectivity index (χ4n) is 2.16. The first-order valence-corrected chi connectivity index (χ1v) is 5.98. The van der Waals surface area contributed by atoms with E-state index >= 15 is 0 Å². The summed E-state index contributed by atoms with van der Waals surface area (Å²) in [7, 11) is 0. The van der Waals surface area contributed by atoms with E-state index in [0.29, 0.717) is 5.65 Å². The summed E-state index contributed by atoms with van der Waals surface area (Å²) in [5.74, 6) is 0.238. The van der Waals surface area contributed by atoms with Crippen molar-refractivity contribution < 1.29 is 0 Å². The summed E-state index contributed by atoms with van der Waals surface area (Å²) in [6.07, 6.45) is 8.57. The SMILES string of the molecule is Nc1ncc2c(-c3cnc4nccnc4c3)ccn2n1. The van der Waals surface area contributed by atoms with Crippen molar-refractivity contribution in [1.82, 2.24) is 29.5 Å². The summed E-state index contributed by atoms with van der Waals surface area (Å²) < 4.78 is 1.69. The van der Waals surface area contributed by atoms with Gasteiger partial charge < -0.3 is 5.73 Å². The van der Waals surface area contributed by atoms with Crippen molar-refractivity contribution in [2.75, 3.05) is 5.73 Å². The Bertz CT molecular complexity index is 928. The highest BCUT2D eigenvalue weighted by molar-refractivity contribution is 5.84. The van der Waals surface area contributed by atoms with Crippen LogP contribution in [0.2, 0.25) is 0 Å². The maximum absolute atomic E-state index is 5.57. The molecule has 4 aromatic rings. The average Bonchev–Trinajstić information content (AvgIpc) is 2.89. The molecule has 0 saturated carbocycles. The van der Waals surface area contributed by atoms with E-state index in [9.17, 15) is 0 Å². The second-order valence-electron chi connectivity index (χ2n) is 4.30. The largest absolute Gasteiger partial charge is 0.367 e. The molecule has 4 heterocycles. The van der Waals surface area contributed by atoms with Crippen LogP contribution in [0.1, 0.15) is 0 Å². The Balaban J connectivity index is 1.96. The molecule has 0 spiro atoms. The molecule has 0 amide bonds. The van der Waals surface area contributed by atoms with Gasteiger partial charge in [0.15, 0.2) is 5.65 Å². The lowest BCUT2D eigenvalue weighted by Crippen LogP contribution is -1.99. The molecule has 0 radical (unpaired) electrons. The van der Waals surface area contributed by atoms with Gasteiger partial charge in [-0.2, -0.15) is 0 Å². The standard InChI is InChI=1S/C13H9N7/c14-13-18-7-11-9(1-4-20(11)19-13)8-5-10-12(17-6-8)16-3-2-15-10/h1-7H,(H2,14,19). The number of hydrogen-bond donors (Lipinski definition) is 1.